The zero-order chi connectivity index (χ0) is 14.9. The van der Waals surface area contributed by atoms with Crippen LogP contribution in [0.5, 0.6) is 0 Å². The van der Waals surface area contributed by atoms with Crippen molar-refractivity contribution in [3.05, 3.63) is 58.3 Å². The van der Waals surface area contributed by atoms with Crippen LogP contribution in [0.15, 0.2) is 53.1 Å². The average Bonchev–Trinajstić information content (AvgIpc) is 3.25. The maximum atomic E-state index is 5.27. The van der Waals surface area contributed by atoms with Crippen LogP contribution in [-0.2, 0) is 0 Å². The topological polar surface area (TPSA) is 61.8 Å². The molecule has 0 unspecified atom stereocenters. The number of H-pyrrole nitrogens is 2. The number of rotatable bonds is 3. The Labute approximate surface area is 134 Å². The molecule has 5 nitrogen and oxygen atoms in total. The van der Waals surface area contributed by atoms with Gasteiger partial charge in [0.1, 0.15) is 0 Å². The SMILES string of the molecule is S=c1[nH]nc(-c2cccs2)n1/N=C/c1c[nH]c2ccccc12. The summed E-state index contributed by atoms with van der Waals surface area (Å²) in [6.07, 6.45) is 3.73. The van der Waals surface area contributed by atoms with E-state index in [1.54, 1.807) is 22.2 Å². The van der Waals surface area contributed by atoms with Crippen LogP contribution in [0.4, 0.5) is 0 Å². The van der Waals surface area contributed by atoms with Crippen molar-refractivity contribution in [3.8, 4) is 10.7 Å². The van der Waals surface area contributed by atoms with Crippen molar-refractivity contribution in [1.82, 2.24) is 19.9 Å². The molecule has 0 atom stereocenters. The number of para-hydroxylation sites is 1. The second kappa shape index (κ2) is 5.36. The fourth-order valence-electron chi connectivity index (χ4n) is 2.28. The minimum absolute atomic E-state index is 0.472. The zero-order valence-corrected chi connectivity index (χ0v) is 13.0. The molecule has 0 aliphatic rings. The van der Waals surface area contributed by atoms with Gasteiger partial charge < -0.3 is 4.98 Å². The smallest absolute Gasteiger partial charge is 0.216 e. The highest BCUT2D eigenvalue weighted by molar-refractivity contribution is 7.71. The summed E-state index contributed by atoms with van der Waals surface area (Å²) in [5, 5.41) is 14.7. The van der Waals surface area contributed by atoms with Crippen LogP contribution in [-0.4, -0.2) is 26.1 Å². The Morgan fingerprint density at radius 2 is 2.14 bits per heavy atom. The lowest BCUT2D eigenvalue weighted by atomic mass is 10.2. The average molecular weight is 325 g/mol. The highest BCUT2D eigenvalue weighted by atomic mass is 32.1. The van der Waals surface area contributed by atoms with Gasteiger partial charge in [0, 0.05) is 22.7 Å². The van der Waals surface area contributed by atoms with Crippen LogP contribution >= 0.6 is 23.6 Å². The summed E-state index contributed by atoms with van der Waals surface area (Å²) in [6.45, 7) is 0. The first-order valence-corrected chi connectivity index (χ1v) is 7.93. The van der Waals surface area contributed by atoms with Crippen molar-refractivity contribution in [2.24, 2.45) is 5.10 Å². The molecule has 4 aromatic rings. The van der Waals surface area contributed by atoms with Gasteiger partial charge in [-0.3, -0.25) is 0 Å². The fraction of sp³-hybridized carbons (Fsp3) is 0. The second-order valence-electron chi connectivity index (χ2n) is 4.68. The zero-order valence-electron chi connectivity index (χ0n) is 11.4. The van der Waals surface area contributed by atoms with Crippen LogP contribution in [0.25, 0.3) is 21.6 Å². The Hall–Kier alpha value is -2.51. The Morgan fingerprint density at radius 1 is 1.23 bits per heavy atom. The molecule has 7 heteroatoms. The second-order valence-corrected chi connectivity index (χ2v) is 6.01. The quantitative estimate of drug-likeness (QED) is 0.441. The summed E-state index contributed by atoms with van der Waals surface area (Å²) >= 11 is 6.87. The van der Waals surface area contributed by atoms with Crippen molar-refractivity contribution >= 4 is 40.7 Å². The van der Waals surface area contributed by atoms with E-state index in [1.807, 2.05) is 41.9 Å². The summed E-state index contributed by atoms with van der Waals surface area (Å²) in [5.41, 5.74) is 2.09. The van der Waals surface area contributed by atoms with E-state index in [2.05, 4.69) is 26.3 Å². The first kappa shape index (κ1) is 13.2. The number of thiophene rings is 1. The van der Waals surface area contributed by atoms with E-state index in [0.29, 0.717) is 4.77 Å². The van der Waals surface area contributed by atoms with E-state index in [1.165, 1.54) is 0 Å². The summed E-state index contributed by atoms with van der Waals surface area (Å²) in [5.74, 6) is 0.719. The van der Waals surface area contributed by atoms with Crippen LogP contribution in [0.3, 0.4) is 0 Å². The van der Waals surface area contributed by atoms with Gasteiger partial charge in [-0.25, -0.2) is 5.10 Å². The van der Waals surface area contributed by atoms with Crippen LogP contribution < -0.4 is 0 Å². The molecule has 3 aromatic heterocycles. The Morgan fingerprint density at radius 3 is 3.00 bits per heavy atom. The molecule has 0 radical (unpaired) electrons. The molecule has 0 amide bonds. The lowest BCUT2D eigenvalue weighted by molar-refractivity contribution is 0.873. The van der Waals surface area contributed by atoms with Gasteiger partial charge in [-0.2, -0.15) is 14.9 Å². The van der Waals surface area contributed by atoms with Crippen LogP contribution in [0.1, 0.15) is 5.56 Å². The highest BCUT2D eigenvalue weighted by Crippen LogP contribution is 2.23. The minimum Gasteiger partial charge on any atom is -0.361 e. The maximum Gasteiger partial charge on any atom is 0.216 e. The van der Waals surface area contributed by atoms with Gasteiger partial charge in [0.2, 0.25) is 4.77 Å². The molecule has 0 aliphatic carbocycles. The molecule has 108 valence electrons. The van der Waals surface area contributed by atoms with Gasteiger partial charge in [-0.05, 0) is 29.7 Å². The summed E-state index contributed by atoms with van der Waals surface area (Å²) in [4.78, 5) is 4.24. The Bertz CT molecular complexity index is 1000. The molecule has 0 saturated heterocycles. The molecule has 0 saturated carbocycles. The number of nitrogens with one attached hydrogen (secondary N) is 2. The maximum absolute atomic E-state index is 5.27. The van der Waals surface area contributed by atoms with Crippen molar-refractivity contribution in [2.45, 2.75) is 0 Å². The Balaban J connectivity index is 1.78. The summed E-state index contributed by atoms with van der Waals surface area (Å²) in [7, 11) is 0. The monoisotopic (exact) mass is 325 g/mol. The number of aromatic nitrogens is 4. The predicted molar refractivity (Wildman–Crippen MR) is 92.0 cm³/mol. The van der Waals surface area contributed by atoms with Gasteiger partial charge in [0.25, 0.3) is 0 Å². The molecular weight excluding hydrogens is 314 g/mol. The van der Waals surface area contributed by atoms with Crippen molar-refractivity contribution < 1.29 is 0 Å². The lowest BCUT2D eigenvalue weighted by Gasteiger charge is -1.97. The van der Waals surface area contributed by atoms with Crippen molar-refractivity contribution in [1.29, 1.82) is 0 Å². The van der Waals surface area contributed by atoms with Gasteiger partial charge >= 0.3 is 0 Å². The number of benzene rings is 1. The third-order valence-corrected chi connectivity index (χ3v) is 4.46. The van der Waals surface area contributed by atoms with Gasteiger partial charge in [-0.15, -0.1) is 11.3 Å². The van der Waals surface area contributed by atoms with E-state index in [0.717, 1.165) is 27.2 Å². The third kappa shape index (κ3) is 2.20. The van der Waals surface area contributed by atoms with Crippen LogP contribution in [0.2, 0.25) is 0 Å². The van der Waals surface area contributed by atoms with E-state index in [4.69, 9.17) is 12.2 Å². The molecular formula is C15H11N5S2. The standard InChI is InChI=1S/C15H11N5S2/c21-15-19-18-14(13-6-3-7-22-13)20(15)17-9-10-8-16-12-5-2-1-4-11(10)12/h1-9,16H,(H,19,21)/b17-9+. The lowest BCUT2D eigenvalue weighted by Crippen LogP contribution is -1.93. The number of nitrogens with zero attached hydrogens (tertiary/aromatic N) is 3. The predicted octanol–water partition coefficient (Wildman–Crippen LogP) is 4.03. The molecule has 0 bridgehead atoms. The van der Waals surface area contributed by atoms with E-state index in [9.17, 15) is 0 Å². The molecule has 3 heterocycles. The van der Waals surface area contributed by atoms with E-state index < -0.39 is 0 Å². The third-order valence-electron chi connectivity index (χ3n) is 3.33. The molecule has 0 aliphatic heterocycles. The van der Waals surface area contributed by atoms with E-state index >= 15 is 0 Å². The van der Waals surface area contributed by atoms with Crippen molar-refractivity contribution in [2.75, 3.05) is 0 Å². The number of hydrogen-bond acceptors (Lipinski definition) is 4. The van der Waals surface area contributed by atoms with Gasteiger partial charge in [0.05, 0.1) is 11.1 Å². The first-order valence-electron chi connectivity index (χ1n) is 6.65. The summed E-state index contributed by atoms with van der Waals surface area (Å²) in [6, 6.07) is 12.1. The largest absolute Gasteiger partial charge is 0.361 e. The molecule has 4 rings (SSSR count). The van der Waals surface area contributed by atoms with Crippen LogP contribution in [0, 0.1) is 4.77 Å². The molecule has 0 spiro atoms. The molecule has 1 aromatic carbocycles. The van der Waals surface area contributed by atoms with Gasteiger partial charge in [-0.1, -0.05) is 24.3 Å². The summed E-state index contributed by atoms with van der Waals surface area (Å²) < 4.78 is 2.11. The van der Waals surface area contributed by atoms with E-state index in [-0.39, 0.29) is 0 Å². The highest BCUT2D eigenvalue weighted by Gasteiger charge is 2.09. The molecule has 22 heavy (non-hydrogen) atoms. The fourth-order valence-corrected chi connectivity index (χ4v) is 3.16. The first-order chi connectivity index (χ1) is 10.8. The number of hydrogen-bond donors (Lipinski definition) is 2. The van der Waals surface area contributed by atoms with Crippen molar-refractivity contribution in [3.63, 3.8) is 0 Å². The number of fused-ring (bicyclic) bond motifs is 1. The Kier molecular flexibility index (Phi) is 3.21. The molecule has 0 fully saturated rings. The minimum atomic E-state index is 0.472. The molecule has 2 N–H and O–H groups in total. The normalized spacial score (nSPS) is 11.6. The van der Waals surface area contributed by atoms with Gasteiger partial charge in [0.15, 0.2) is 5.82 Å². The number of aromatic amines is 2.